The molecule has 4 heterocycles. The summed E-state index contributed by atoms with van der Waals surface area (Å²) in [7, 11) is 0. The van der Waals surface area contributed by atoms with Crippen LogP contribution in [-0.2, 0) is 13.0 Å². The average molecular weight is 386 g/mol. The number of halogens is 1. The van der Waals surface area contributed by atoms with E-state index in [4.69, 9.17) is 0 Å². The molecule has 0 radical (unpaired) electrons. The van der Waals surface area contributed by atoms with Crippen molar-refractivity contribution in [2.45, 2.75) is 31.7 Å². The monoisotopic (exact) mass is 385 g/mol. The standard InChI is InChI=1S/C20H23N5O.ClH/c26-20(19-16-11-21-8-5-18(16)23-24-19)25-9-6-13(7-10-25)15-12-22-17-4-2-1-3-14(15)17;/h1-4,12-13,21-22H,5-11H2,(H,23,24);1H. The van der Waals surface area contributed by atoms with E-state index in [0.717, 1.165) is 56.7 Å². The molecule has 3 aromatic rings. The van der Waals surface area contributed by atoms with Crippen molar-refractivity contribution in [2.24, 2.45) is 0 Å². The number of aromatic amines is 2. The predicted molar refractivity (Wildman–Crippen MR) is 107 cm³/mol. The number of piperidine rings is 1. The van der Waals surface area contributed by atoms with E-state index < -0.39 is 0 Å². The summed E-state index contributed by atoms with van der Waals surface area (Å²) in [5.41, 5.74) is 5.35. The van der Waals surface area contributed by atoms with Crippen molar-refractivity contribution < 1.29 is 4.79 Å². The van der Waals surface area contributed by atoms with Gasteiger partial charge < -0.3 is 15.2 Å². The summed E-state index contributed by atoms with van der Waals surface area (Å²) in [5.74, 6) is 0.577. The molecule has 0 aliphatic carbocycles. The molecule has 2 aliphatic rings. The highest BCUT2D eigenvalue weighted by molar-refractivity contribution is 5.94. The highest BCUT2D eigenvalue weighted by Crippen LogP contribution is 2.33. The topological polar surface area (TPSA) is 76.8 Å². The molecule has 2 aliphatic heterocycles. The van der Waals surface area contributed by atoms with Crippen molar-refractivity contribution >= 4 is 29.2 Å². The second-order valence-corrected chi connectivity index (χ2v) is 7.31. The van der Waals surface area contributed by atoms with Crippen LogP contribution in [0.2, 0.25) is 0 Å². The Balaban J connectivity index is 0.00000180. The van der Waals surface area contributed by atoms with Gasteiger partial charge in [-0.15, -0.1) is 12.4 Å². The Morgan fingerprint density at radius 2 is 2.00 bits per heavy atom. The van der Waals surface area contributed by atoms with Crippen molar-refractivity contribution in [1.29, 1.82) is 0 Å². The Morgan fingerprint density at radius 3 is 2.85 bits per heavy atom. The van der Waals surface area contributed by atoms with E-state index in [-0.39, 0.29) is 18.3 Å². The van der Waals surface area contributed by atoms with Crippen LogP contribution in [0.1, 0.15) is 46.1 Å². The average Bonchev–Trinajstić information content (AvgIpc) is 3.32. The van der Waals surface area contributed by atoms with Crippen LogP contribution in [0.25, 0.3) is 10.9 Å². The van der Waals surface area contributed by atoms with Gasteiger partial charge in [0, 0.05) is 61.0 Å². The van der Waals surface area contributed by atoms with Gasteiger partial charge in [-0.3, -0.25) is 9.89 Å². The normalized spacial score (nSPS) is 17.6. The molecule has 5 rings (SSSR count). The zero-order valence-electron chi connectivity index (χ0n) is 15.1. The predicted octanol–water partition coefficient (Wildman–Crippen LogP) is 2.98. The molecular formula is C20H24ClN5O. The van der Waals surface area contributed by atoms with E-state index in [2.05, 4.69) is 51.0 Å². The quantitative estimate of drug-likeness (QED) is 0.634. The van der Waals surface area contributed by atoms with Crippen LogP contribution in [-0.4, -0.2) is 45.6 Å². The Morgan fingerprint density at radius 1 is 1.19 bits per heavy atom. The number of aromatic nitrogens is 3. The zero-order valence-corrected chi connectivity index (χ0v) is 15.9. The molecule has 7 heteroatoms. The van der Waals surface area contributed by atoms with Crippen LogP contribution in [0.15, 0.2) is 30.5 Å². The number of amides is 1. The van der Waals surface area contributed by atoms with Gasteiger partial charge in [-0.05, 0) is 30.4 Å². The molecule has 6 nitrogen and oxygen atoms in total. The highest BCUT2D eigenvalue weighted by atomic mass is 35.5. The van der Waals surface area contributed by atoms with Crippen molar-refractivity contribution in [1.82, 2.24) is 25.4 Å². The first-order chi connectivity index (χ1) is 12.8. The lowest BCUT2D eigenvalue weighted by Crippen LogP contribution is -2.39. The first-order valence-electron chi connectivity index (χ1n) is 9.43. The fourth-order valence-corrected chi connectivity index (χ4v) is 4.38. The van der Waals surface area contributed by atoms with Crippen LogP contribution in [0.5, 0.6) is 0 Å². The summed E-state index contributed by atoms with van der Waals surface area (Å²) in [4.78, 5) is 18.3. The van der Waals surface area contributed by atoms with Gasteiger partial charge in [-0.2, -0.15) is 5.10 Å². The molecule has 1 saturated heterocycles. The van der Waals surface area contributed by atoms with E-state index in [0.29, 0.717) is 11.6 Å². The zero-order chi connectivity index (χ0) is 17.5. The number of para-hydroxylation sites is 1. The molecule has 0 unspecified atom stereocenters. The number of carbonyl (C=O) groups is 1. The molecular weight excluding hydrogens is 362 g/mol. The molecule has 1 amide bonds. The third-order valence-corrected chi connectivity index (χ3v) is 5.85. The summed E-state index contributed by atoms with van der Waals surface area (Å²) in [6.45, 7) is 3.26. The number of hydrogen-bond acceptors (Lipinski definition) is 3. The number of fused-ring (bicyclic) bond motifs is 2. The summed E-state index contributed by atoms with van der Waals surface area (Å²) >= 11 is 0. The number of carbonyl (C=O) groups excluding carboxylic acids is 1. The third kappa shape index (κ3) is 3.13. The summed E-state index contributed by atoms with van der Waals surface area (Å²) in [5, 5.41) is 12.0. The van der Waals surface area contributed by atoms with Crippen LogP contribution in [0, 0.1) is 0 Å². The maximum atomic E-state index is 12.9. The first-order valence-corrected chi connectivity index (χ1v) is 9.43. The number of nitrogens with one attached hydrogen (secondary N) is 3. The van der Waals surface area contributed by atoms with E-state index in [1.54, 1.807) is 0 Å². The largest absolute Gasteiger partial charge is 0.361 e. The third-order valence-electron chi connectivity index (χ3n) is 5.85. The fraction of sp³-hybridized carbons (Fsp3) is 0.400. The molecule has 0 atom stereocenters. The molecule has 0 bridgehead atoms. The minimum Gasteiger partial charge on any atom is -0.361 e. The van der Waals surface area contributed by atoms with E-state index in [1.807, 2.05) is 4.90 Å². The van der Waals surface area contributed by atoms with Crippen molar-refractivity contribution in [3.63, 3.8) is 0 Å². The van der Waals surface area contributed by atoms with Gasteiger partial charge in [-0.25, -0.2) is 0 Å². The molecule has 0 saturated carbocycles. The minimum absolute atomic E-state index is 0. The minimum atomic E-state index is 0. The Labute approximate surface area is 164 Å². The molecule has 27 heavy (non-hydrogen) atoms. The first kappa shape index (κ1) is 18.1. The van der Waals surface area contributed by atoms with E-state index >= 15 is 0 Å². The molecule has 2 aromatic heterocycles. The Hall–Kier alpha value is -2.31. The van der Waals surface area contributed by atoms with Crippen molar-refractivity contribution in [3.8, 4) is 0 Å². The smallest absolute Gasteiger partial charge is 0.274 e. The van der Waals surface area contributed by atoms with Gasteiger partial charge in [0.05, 0.1) is 0 Å². The molecule has 3 N–H and O–H groups in total. The Bertz CT molecular complexity index is 954. The van der Waals surface area contributed by atoms with Crippen LogP contribution < -0.4 is 5.32 Å². The molecule has 142 valence electrons. The lowest BCUT2D eigenvalue weighted by atomic mass is 9.89. The number of likely N-dealkylation sites (tertiary alicyclic amines) is 1. The van der Waals surface area contributed by atoms with E-state index in [1.165, 1.54) is 16.5 Å². The van der Waals surface area contributed by atoms with Crippen molar-refractivity contribution in [2.75, 3.05) is 19.6 Å². The number of rotatable bonds is 2. The summed E-state index contributed by atoms with van der Waals surface area (Å²) in [6, 6.07) is 8.45. The van der Waals surface area contributed by atoms with Gasteiger partial charge in [-0.1, -0.05) is 18.2 Å². The van der Waals surface area contributed by atoms with Gasteiger partial charge >= 0.3 is 0 Å². The van der Waals surface area contributed by atoms with Gasteiger partial charge in [0.15, 0.2) is 5.69 Å². The number of H-pyrrole nitrogens is 2. The maximum absolute atomic E-state index is 12.9. The van der Waals surface area contributed by atoms with E-state index in [9.17, 15) is 4.79 Å². The SMILES string of the molecule is Cl.O=C(c1n[nH]c2c1CNCC2)N1CCC(c2c[nH]c3ccccc23)CC1. The number of nitrogens with zero attached hydrogens (tertiary/aromatic N) is 2. The molecule has 1 aromatic carbocycles. The second kappa shape index (κ2) is 7.37. The maximum Gasteiger partial charge on any atom is 0.274 e. The summed E-state index contributed by atoms with van der Waals surface area (Å²) < 4.78 is 0. The van der Waals surface area contributed by atoms with Gasteiger partial charge in [0.25, 0.3) is 5.91 Å². The summed E-state index contributed by atoms with van der Waals surface area (Å²) in [6.07, 6.45) is 5.05. The second-order valence-electron chi connectivity index (χ2n) is 7.31. The van der Waals surface area contributed by atoms with Gasteiger partial charge in [0.2, 0.25) is 0 Å². The number of benzene rings is 1. The lowest BCUT2D eigenvalue weighted by molar-refractivity contribution is 0.0706. The Kier molecular flexibility index (Phi) is 4.93. The molecule has 0 spiro atoms. The molecule has 1 fully saturated rings. The highest BCUT2D eigenvalue weighted by Gasteiger charge is 2.29. The van der Waals surface area contributed by atoms with Crippen LogP contribution >= 0.6 is 12.4 Å². The fourth-order valence-electron chi connectivity index (χ4n) is 4.38. The van der Waals surface area contributed by atoms with Gasteiger partial charge in [0.1, 0.15) is 0 Å². The lowest BCUT2D eigenvalue weighted by Gasteiger charge is -2.32. The van der Waals surface area contributed by atoms with Crippen LogP contribution in [0.3, 0.4) is 0 Å². The van der Waals surface area contributed by atoms with Crippen molar-refractivity contribution in [3.05, 3.63) is 53.0 Å². The van der Waals surface area contributed by atoms with Crippen LogP contribution in [0.4, 0.5) is 0 Å². The number of hydrogen-bond donors (Lipinski definition) is 3.